The second kappa shape index (κ2) is 6.93. The standard InChI is InChI=1S/C15H20N2O3/c1-12-5-2-3-6-13(12)20-10-7-15(19)17-9-4-8-16-14(18)11-17/h2-3,5-6H,4,7-11H2,1H3,(H,16,18). The average molecular weight is 276 g/mol. The molecular formula is C15H20N2O3. The van der Waals surface area contributed by atoms with Crippen molar-refractivity contribution in [3.63, 3.8) is 0 Å². The number of rotatable bonds is 4. The number of nitrogens with zero attached hydrogens (tertiary/aromatic N) is 1. The number of nitrogens with one attached hydrogen (secondary N) is 1. The lowest BCUT2D eigenvalue weighted by Crippen LogP contribution is -2.37. The molecule has 2 rings (SSSR count). The quantitative estimate of drug-likeness (QED) is 0.896. The SMILES string of the molecule is Cc1ccccc1OCCC(=O)N1CCCNC(=O)C1. The molecule has 1 heterocycles. The van der Waals surface area contributed by atoms with Gasteiger partial charge in [0, 0.05) is 13.1 Å². The molecule has 0 aliphatic carbocycles. The van der Waals surface area contributed by atoms with Gasteiger partial charge >= 0.3 is 0 Å². The zero-order chi connectivity index (χ0) is 14.4. The van der Waals surface area contributed by atoms with Gasteiger partial charge < -0.3 is 15.0 Å². The summed E-state index contributed by atoms with van der Waals surface area (Å²) >= 11 is 0. The van der Waals surface area contributed by atoms with Crippen LogP contribution in [0.2, 0.25) is 0 Å². The van der Waals surface area contributed by atoms with Crippen LogP contribution in [0.3, 0.4) is 0 Å². The first-order valence-electron chi connectivity index (χ1n) is 6.90. The van der Waals surface area contributed by atoms with E-state index in [4.69, 9.17) is 4.74 Å². The van der Waals surface area contributed by atoms with Crippen LogP contribution in [-0.4, -0.2) is 43.0 Å². The second-order valence-corrected chi connectivity index (χ2v) is 4.88. The molecule has 1 saturated heterocycles. The Bertz CT molecular complexity index is 488. The highest BCUT2D eigenvalue weighted by molar-refractivity contribution is 5.85. The summed E-state index contributed by atoms with van der Waals surface area (Å²) in [6, 6.07) is 7.71. The van der Waals surface area contributed by atoms with Crippen molar-refractivity contribution in [2.45, 2.75) is 19.8 Å². The van der Waals surface area contributed by atoms with Crippen LogP contribution in [0.5, 0.6) is 5.75 Å². The van der Waals surface area contributed by atoms with E-state index in [1.165, 1.54) is 0 Å². The topological polar surface area (TPSA) is 58.6 Å². The largest absolute Gasteiger partial charge is 0.493 e. The Morgan fingerprint density at radius 1 is 1.40 bits per heavy atom. The normalized spacial score (nSPS) is 15.4. The summed E-state index contributed by atoms with van der Waals surface area (Å²) < 4.78 is 5.61. The van der Waals surface area contributed by atoms with Gasteiger partial charge in [-0.25, -0.2) is 0 Å². The molecule has 108 valence electrons. The van der Waals surface area contributed by atoms with E-state index in [1.54, 1.807) is 4.90 Å². The maximum absolute atomic E-state index is 12.0. The van der Waals surface area contributed by atoms with E-state index in [-0.39, 0.29) is 18.4 Å². The Hall–Kier alpha value is -2.04. The molecule has 1 N–H and O–H groups in total. The van der Waals surface area contributed by atoms with E-state index in [0.29, 0.717) is 26.1 Å². The van der Waals surface area contributed by atoms with Gasteiger partial charge in [0.05, 0.1) is 19.6 Å². The van der Waals surface area contributed by atoms with Gasteiger partial charge in [0.25, 0.3) is 0 Å². The number of amides is 2. The summed E-state index contributed by atoms with van der Waals surface area (Å²) in [5.41, 5.74) is 1.05. The molecule has 5 nitrogen and oxygen atoms in total. The minimum Gasteiger partial charge on any atom is -0.493 e. The Balaban J connectivity index is 1.80. The molecule has 1 aromatic carbocycles. The lowest BCUT2D eigenvalue weighted by molar-refractivity contribution is -0.135. The van der Waals surface area contributed by atoms with Crippen LogP contribution in [0.4, 0.5) is 0 Å². The van der Waals surface area contributed by atoms with Gasteiger partial charge in [-0.1, -0.05) is 18.2 Å². The molecule has 0 unspecified atom stereocenters. The number of ether oxygens (including phenoxy) is 1. The zero-order valence-corrected chi connectivity index (χ0v) is 11.7. The number of hydrogen-bond donors (Lipinski definition) is 1. The third-order valence-corrected chi connectivity index (χ3v) is 3.28. The Labute approximate surface area is 118 Å². The van der Waals surface area contributed by atoms with Crippen molar-refractivity contribution < 1.29 is 14.3 Å². The van der Waals surface area contributed by atoms with Crippen LogP contribution in [0, 0.1) is 6.92 Å². The predicted octanol–water partition coefficient (Wildman–Crippen LogP) is 1.11. The third-order valence-electron chi connectivity index (χ3n) is 3.28. The van der Waals surface area contributed by atoms with E-state index in [9.17, 15) is 9.59 Å². The van der Waals surface area contributed by atoms with Crippen LogP contribution in [0.25, 0.3) is 0 Å². The van der Waals surface area contributed by atoms with Gasteiger partial charge in [-0.05, 0) is 25.0 Å². The number of para-hydroxylation sites is 1. The smallest absolute Gasteiger partial charge is 0.239 e. The van der Waals surface area contributed by atoms with E-state index in [2.05, 4.69) is 5.32 Å². The molecule has 0 atom stereocenters. The maximum atomic E-state index is 12.0. The van der Waals surface area contributed by atoms with Crippen molar-refractivity contribution in [2.24, 2.45) is 0 Å². The first-order chi connectivity index (χ1) is 9.66. The lowest BCUT2D eigenvalue weighted by atomic mass is 10.2. The minimum atomic E-state index is -0.0873. The Morgan fingerprint density at radius 3 is 3.00 bits per heavy atom. The Morgan fingerprint density at radius 2 is 2.20 bits per heavy atom. The van der Waals surface area contributed by atoms with Gasteiger partial charge in [-0.2, -0.15) is 0 Å². The summed E-state index contributed by atoms with van der Waals surface area (Å²) in [5.74, 6) is 0.681. The van der Waals surface area contributed by atoms with Crippen molar-refractivity contribution in [1.29, 1.82) is 0 Å². The molecule has 0 saturated carbocycles. The fourth-order valence-electron chi connectivity index (χ4n) is 2.14. The first kappa shape index (κ1) is 14.4. The van der Waals surface area contributed by atoms with Crippen molar-refractivity contribution >= 4 is 11.8 Å². The van der Waals surface area contributed by atoms with E-state index >= 15 is 0 Å². The predicted molar refractivity (Wildman–Crippen MR) is 75.5 cm³/mol. The number of carbonyl (C=O) groups is 2. The third kappa shape index (κ3) is 3.98. The van der Waals surface area contributed by atoms with Crippen molar-refractivity contribution in [3.05, 3.63) is 29.8 Å². The van der Waals surface area contributed by atoms with E-state index < -0.39 is 0 Å². The molecule has 1 fully saturated rings. The van der Waals surface area contributed by atoms with E-state index in [0.717, 1.165) is 17.7 Å². The molecule has 0 spiro atoms. The number of carbonyl (C=O) groups excluding carboxylic acids is 2. The minimum absolute atomic E-state index is 0.0318. The maximum Gasteiger partial charge on any atom is 0.239 e. The molecule has 1 aliphatic heterocycles. The van der Waals surface area contributed by atoms with Crippen LogP contribution >= 0.6 is 0 Å². The van der Waals surface area contributed by atoms with Crippen LogP contribution in [0.15, 0.2) is 24.3 Å². The number of benzene rings is 1. The fourth-order valence-corrected chi connectivity index (χ4v) is 2.14. The molecule has 20 heavy (non-hydrogen) atoms. The van der Waals surface area contributed by atoms with E-state index in [1.807, 2.05) is 31.2 Å². The van der Waals surface area contributed by atoms with Crippen molar-refractivity contribution in [3.8, 4) is 5.75 Å². The molecular weight excluding hydrogens is 256 g/mol. The summed E-state index contributed by atoms with van der Waals surface area (Å²) in [5, 5.41) is 2.75. The van der Waals surface area contributed by atoms with Crippen LogP contribution < -0.4 is 10.1 Å². The van der Waals surface area contributed by atoms with Gasteiger partial charge in [-0.3, -0.25) is 9.59 Å². The zero-order valence-electron chi connectivity index (χ0n) is 11.7. The summed E-state index contributed by atoms with van der Waals surface area (Å²) in [7, 11) is 0. The number of hydrogen-bond acceptors (Lipinski definition) is 3. The van der Waals surface area contributed by atoms with Gasteiger partial charge in [0.2, 0.25) is 11.8 Å². The van der Waals surface area contributed by atoms with Gasteiger partial charge in [0.1, 0.15) is 5.75 Å². The second-order valence-electron chi connectivity index (χ2n) is 4.88. The fraction of sp³-hybridized carbons (Fsp3) is 0.467. The molecule has 1 aliphatic rings. The molecule has 0 radical (unpaired) electrons. The average Bonchev–Trinajstić information content (AvgIpc) is 2.65. The first-order valence-corrected chi connectivity index (χ1v) is 6.90. The molecule has 0 aromatic heterocycles. The van der Waals surface area contributed by atoms with Crippen molar-refractivity contribution in [1.82, 2.24) is 10.2 Å². The highest BCUT2D eigenvalue weighted by Gasteiger charge is 2.19. The molecule has 1 aromatic rings. The lowest BCUT2D eigenvalue weighted by Gasteiger charge is -2.19. The molecule has 5 heteroatoms. The monoisotopic (exact) mass is 276 g/mol. The van der Waals surface area contributed by atoms with Gasteiger partial charge in [-0.15, -0.1) is 0 Å². The molecule has 0 bridgehead atoms. The summed E-state index contributed by atoms with van der Waals surface area (Å²) in [4.78, 5) is 25.0. The Kier molecular flexibility index (Phi) is 4.98. The van der Waals surface area contributed by atoms with Gasteiger partial charge in [0.15, 0.2) is 0 Å². The van der Waals surface area contributed by atoms with Crippen LogP contribution in [0.1, 0.15) is 18.4 Å². The highest BCUT2D eigenvalue weighted by atomic mass is 16.5. The highest BCUT2D eigenvalue weighted by Crippen LogP contribution is 2.16. The molecule has 2 amide bonds. The van der Waals surface area contributed by atoms with Crippen LogP contribution in [-0.2, 0) is 9.59 Å². The van der Waals surface area contributed by atoms with Crippen molar-refractivity contribution in [2.75, 3.05) is 26.2 Å². The number of aryl methyl sites for hydroxylation is 1. The summed E-state index contributed by atoms with van der Waals surface area (Å²) in [6.07, 6.45) is 1.09. The summed E-state index contributed by atoms with van der Waals surface area (Å²) in [6.45, 7) is 3.73.